The van der Waals surface area contributed by atoms with Crippen molar-refractivity contribution in [2.45, 2.75) is 6.54 Å². The van der Waals surface area contributed by atoms with Gasteiger partial charge in [-0.1, -0.05) is 6.07 Å². The molecule has 0 aromatic carbocycles. The van der Waals surface area contributed by atoms with Crippen LogP contribution in [0.4, 0.5) is 5.95 Å². The molecule has 0 saturated carbocycles. The number of anilines is 1. The van der Waals surface area contributed by atoms with Gasteiger partial charge in [-0.3, -0.25) is 4.79 Å². The van der Waals surface area contributed by atoms with E-state index in [1.807, 2.05) is 17.5 Å². The van der Waals surface area contributed by atoms with Crippen LogP contribution >= 0.6 is 11.3 Å². The van der Waals surface area contributed by atoms with Gasteiger partial charge in [-0.2, -0.15) is 0 Å². The maximum absolute atomic E-state index is 12.9. The van der Waals surface area contributed by atoms with Crippen LogP contribution in [-0.2, 0) is 16.1 Å². The summed E-state index contributed by atoms with van der Waals surface area (Å²) in [6, 6.07) is 5.83. The summed E-state index contributed by atoms with van der Waals surface area (Å²) in [7, 11) is 0. The minimum absolute atomic E-state index is 0.0758. The Kier molecular flexibility index (Phi) is 3.74. The van der Waals surface area contributed by atoms with Crippen molar-refractivity contribution in [2.24, 2.45) is 11.3 Å². The van der Waals surface area contributed by atoms with Crippen LogP contribution in [-0.4, -0.2) is 42.2 Å². The first-order chi connectivity index (χ1) is 11.3. The Labute approximate surface area is 138 Å². The van der Waals surface area contributed by atoms with Crippen molar-refractivity contribution < 1.29 is 9.53 Å². The van der Waals surface area contributed by atoms with Crippen molar-refractivity contribution in [1.29, 1.82) is 0 Å². The molecule has 120 valence electrons. The summed E-state index contributed by atoms with van der Waals surface area (Å²) < 4.78 is 5.63. The van der Waals surface area contributed by atoms with Crippen molar-refractivity contribution >= 4 is 23.2 Å². The van der Waals surface area contributed by atoms with Crippen LogP contribution in [0.3, 0.4) is 0 Å². The average molecular weight is 330 g/mol. The van der Waals surface area contributed by atoms with Gasteiger partial charge in [-0.05, 0) is 17.5 Å². The quantitative estimate of drug-likeness (QED) is 0.915. The molecule has 2 atom stereocenters. The molecule has 2 aromatic heterocycles. The zero-order valence-electron chi connectivity index (χ0n) is 12.6. The fourth-order valence-electron chi connectivity index (χ4n) is 3.42. The molecule has 2 saturated heterocycles. The second-order valence-corrected chi connectivity index (χ2v) is 7.09. The molecule has 2 aliphatic rings. The van der Waals surface area contributed by atoms with Gasteiger partial charge in [-0.25, -0.2) is 9.97 Å². The number of aromatic nitrogens is 2. The van der Waals surface area contributed by atoms with Gasteiger partial charge in [0.05, 0.1) is 25.2 Å². The summed E-state index contributed by atoms with van der Waals surface area (Å²) in [4.78, 5) is 24.7. The molecular weight excluding hydrogens is 312 g/mol. The smallest absolute Gasteiger partial charge is 0.231 e. The molecule has 4 heterocycles. The first-order valence-corrected chi connectivity index (χ1v) is 8.56. The molecule has 1 N–H and O–H groups in total. The van der Waals surface area contributed by atoms with Crippen molar-refractivity contribution in [3.8, 4) is 0 Å². The highest BCUT2D eigenvalue weighted by Crippen LogP contribution is 2.42. The third-order valence-electron chi connectivity index (χ3n) is 4.66. The summed E-state index contributed by atoms with van der Waals surface area (Å²) >= 11 is 1.65. The molecule has 0 spiro atoms. The fourth-order valence-corrected chi connectivity index (χ4v) is 4.06. The van der Waals surface area contributed by atoms with Crippen LogP contribution in [0, 0.1) is 11.3 Å². The summed E-state index contributed by atoms with van der Waals surface area (Å²) in [5.74, 6) is 0.953. The molecule has 2 fully saturated rings. The molecule has 6 nitrogen and oxygen atoms in total. The van der Waals surface area contributed by atoms with Gasteiger partial charge in [0.15, 0.2) is 0 Å². The number of hydrogen-bond donors (Lipinski definition) is 1. The van der Waals surface area contributed by atoms with E-state index in [4.69, 9.17) is 4.74 Å². The molecule has 0 radical (unpaired) electrons. The topological polar surface area (TPSA) is 67.3 Å². The maximum Gasteiger partial charge on any atom is 0.231 e. The van der Waals surface area contributed by atoms with Crippen LogP contribution in [0.15, 0.2) is 36.0 Å². The largest absolute Gasteiger partial charge is 0.380 e. The second-order valence-electron chi connectivity index (χ2n) is 6.06. The van der Waals surface area contributed by atoms with Gasteiger partial charge in [0.2, 0.25) is 11.9 Å². The van der Waals surface area contributed by atoms with E-state index < -0.39 is 5.41 Å². The minimum Gasteiger partial charge on any atom is -0.380 e. The third-order valence-corrected chi connectivity index (χ3v) is 5.54. The summed E-state index contributed by atoms with van der Waals surface area (Å²) in [6.45, 7) is 3.04. The number of rotatable bonds is 4. The lowest BCUT2D eigenvalue weighted by molar-refractivity contribution is -0.131. The van der Waals surface area contributed by atoms with E-state index in [0.29, 0.717) is 32.3 Å². The van der Waals surface area contributed by atoms with Crippen LogP contribution in [0.2, 0.25) is 0 Å². The fraction of sp³-hybridized carbons (Fsp3) is 0.438. The zero-order valence-corrected chi connectivity index (χ0v) is 13.5. The molecule has 2 aromatic rings. The highest BCUT2D eigenvalue weighted by atomic mass is 32.1. The van der Waals surface area contributed by atoms with Crippen molar-refractivity contribution in [3.63, 3.8) is 0 Å². The summed E-state index contributed by atoms with van der Waals surface area (Å²) in [5.41, 5.74) is -0.490. The number of amides is 1. The lowest BCUT2D eigenvalue weighted by atomic mass is 9.80. The Morgan fingerprint density at radius 2 is 2.30 bits per heavy atom. The normalized spacial score (nSPS) is 26.3. The Morgan fingerprint density at radius 3 is 3.09 bits per heavy atom. The number of carbonyl (C=O) groups is 1. The van der Waals surface area contributed by atoms with E-state index in [2.05, 4.69) is 20.2 Å². The summed E-state index contributed by atoms with van der Waals surface area (Å²) in [6.07, 6.45) is 3.47. The number of carbonyl (C=O) groups excluding carboxylic acids is 1. The highest BCUT2D eigenvalue weighted by Gasteiger charge is 2.56. The number of nitrogens with one attached hydrogen (secondary N) is 1. The van der Waals surface area contributed by atoms with E-state index in [9.17, 15) is 4.79 Å². The van der Waals surface area contributed by atoms with Gasteiger partial charge >= 0.3 is 0 Å². The van der Waals surface area contributed by atoms with E-state index in [-0.39, 0.29) is 11.8 Å². The molecule has 0 aliphatic carbocycles. The number of ether oxygens (including phenoxy) is 1. The maximum atomic E-state index is 12.9. The number of thiophene rings is 1. The number of fused-ring (bicyclic) bond motifs is 1. The zero-order chi connectivity index (χ0) is 15.7. The van der Waals surface area contributed by atoms with Gasteiger partial charge in [0.1, 0.15) is 0 Å². The molecule has 2 aliphatic heterocycles. The first kappa shape index (κ1) is 14.6. The molecular formula is C16H18N4O2S. The van der Waals surface area contributed by atoms with Gasteiger partial charge < -0.3 is 15.0 Å². The van der Waals surface area contributed by atoms with E-state index in [0.717, 1.165) is 11.4 Å². The molecule has 4 rings (SSSR count). The summed E-state index contributed by atoms with van der Waals surface area (Å²) in [5, 5.41) is 5.10. The lowest BCUT2D eigenvalue weighted by Gasteiger charge is -2.25. The van der Waals surface area contributed by atoms with E-state index >= 15 is 0 Å². The van der Waals surface area contributed by atoms with Crippen molar-refractivity contribution in [1.82, 2.24) is 15.3 Å². The van der Waals surface area contributed by atoms with Crippen molar-refractivity contribution in [3.05, 3.63) is 40.8 Å². The predicted molar refractivity (Wildman–Crippen MR) is 87.2 cm³/mol. The van der Waals surface area contributed by atoms with Gasteiger partial charge in [0, 0.05) is 36.3 Å². The van der Waals surface area contributed by atoms with Crippen LogP contribution < -0.4 is 10.2 Å². The van der Waals surface area contributed by atoms with E-state index in [1.54, 1.807) is 29.8 Å². The van der Waals surface area contributed by atoms with Gasteiger partial charge in [-0.15, -0.1) is 11.3 Å². The van der Waals surface area contributed by atoms with Crippen LogP contribution in [0.5, 0.6) is 0 Å². The Balaban J connectivity index is 1.50. The molecule has 0 unspecified atom stereocenters. The van der Waals surface area contributed by atoms with Crippen LogP contribution in [0.25, 0.3) is 0 Å². The Bertz CT molecular complexity index is 679. The standard InChI is InChI=1S/C16H18N4O2S/c21-14(19-7-13-3-1-6-23-13)16-10-20(8-12(16)9-22-11-16)15-17-4-2-5-18-15/h1-6,12H,7-11H2,(H,19,21)/t12-,16-/m1/s1. The molecule has 23 heavy (non-hydrogen) atoms. The molecule has 7 heteroatoms. The van der Waals surface area contributed by atoms with E-state index in [1.165, 1.54) is 0 Å². The Hall–Kier alpha value is -1.99. The van der Waals surface area contributed by atoms with Crippen molar-refractivity contribution in [2.75, 3.05) is 31.2 Å². The van der Waals surface area contributed by atoms with Gasteiger partial charge in [0.25, 0.3) is 0 Å². The second kappa shape index (κ2) is 5.90. The highest BCUT2D eigenvalue weighted by molar-refractivity contribution is 7.09. The minimum atomic E-state index is -0.490. The first-order valence-electron chi connectivity index (χ1n) is 7.68. The third kappa shape index (κ3) is 2.60. The SMILES string of the molecule is O=C(NCc1cccs1)[C@]12COC[C@H]1CN(c1ncccn1)C2. The monoisotopic (exact) mass is 330 g/mol. The molecule has 1 amide bonds. The predicted octanol–water partition coefficient (Wildman–Crippen LogP) is 1.31. The number of hydrogen-bond acceptors (Lipinski definition) is 6. The molecule has 0 bridgehead atoms. The lowest BCUT2D eigenvalue weighted by Crippen LogP contribution is -2.46. The Morgan fingerprint density at radius 1 is 1.43 bits per heavy atom. The average Bonchev–Trinajstić information content (AvgIpc) is 3.29. The van der Waals surface area contributed by atoms with Crippen LogP contribution in [0.1, 0.15) is 4.88 Å². The number of nitrogens with zero attached hydrogens (tertiary/aromatic N) is 3.